The van der Waals surface area contributed by atoms with Crippen LogP contribution in [0.5, 0.6) is 0 Å². The number of hydrogen-bond acceptors (Lipinski definition) is 5. The first-order valence-corrected chi connectivity index (χ1v) is 7.93. The van der Waals surface area contributed by atoms with Gasteiger partial charge in [-0.15, -0.1) is 0 Å². The second-order valence-corrected chi connectivity index (χ2v) is 6.18. The highest BCUT2D eigenvalue weighted by molar-refractivity contribution is 5.97. The van der Waals surface area contributed by atoms with Crippen LogP contribution in [0.4, 0.5) is 0 Å². The van der Waals surface area contributed by atoms with E-state index >= 15 is 0 Å². The van der Waals surface area contributed by atoms with E-state index in [1.165, 1.54) is 0 Å². The summed E-state index contributed by atoms with van der Waals surface area (Å²) in [6, 6.07) is -0.275. The summed E-state index contributed by atoms with van der Waals surface area (Å²) in [7, 11) is 0. The summed E-state index contributed by atoms with van der Waals surface area (Å²) in [5.41, 5.74) is 0.783. The Morgan fingerprint density at radius 1 is 1.21 bits per heavy atom. The lowest BCUT2D eigenvalue weighted by Gasteiger charge is -2.16. The van der Waals surface area contributed by atoms with Gasteiger partial charge in [-0.05, 0) is 18.8 Å². The minimum atomic E-state index is -0.554. The van der Waals surface area contributed by atoms with Crippen LogP contribution in [0.2, 0.25) is 0 Å². The number of carbonyl (C=O) groups is 1. The van der Waals surface area contributed by atoms with Crippen LogP contribution < -0.4 is 5.32 Å². The first-order chi connectivity index (χ1) is 11.7. The van der Waals surface area contributed by atoms with E-state index in [1.54, 1.807) is 41.7 Å². The largest absolute Gasteiger partial charge is 0.391 e. The molecular weight excluding hydrogens is 308 g/mol. The van der Waals surface area contributed by atoms with E-state index in [1.807, 2.05) is 10.8 Å². The summed E-state index contributed by atoms with van der Waals surface area (Å²) in [5, 5.41) is 13.2. The highest BCUT2D eigenvalue weighted by atomic mass is 16.3. The molecule has 1 saturated carbocycles. The quantitative estimate of drug-likeness (QED) is 0.727. The lowest BCUT2D eigenvalue weighted by atomic mass is 10.1. The first-order valence-electron chi connectivity index (χ1n) is 7.93. The van der Waals surface area contributed by atoms with Gasteiger partial charge < -0.3 is 19.4 Å². The Labute approximate surface area is 138 Å². The van der Waals surface area contributed by atoms with Crippen molar-refractivity contribution in [3.8, 4) is 0 Å². The van der Waals surface area contributed by atoms with Gasteiger partial charge in [0.1, 0.15) is 0 Å². The van der Waals surface area contributed by atoms with E-state index in [0.717, 1.165) is 13.0 Å². The number of aliphatic hydroxyl groups excluding tert-OH is 1. The molecule has 8 heteroatoms. The van der Waals surface area contributed by atoms with Crippen molar-refractivity contribution in [2.24, 2.45) is 5.92 Å². The number of hydrogen-bond donors (Lipinski definition) is 2. The van der Waals surface area contributed by atoms with Gasteiger partial charge in [0, 0.05) is 43.7 Å². The van der Waals surface area contributed by atoms with Gasteiger partial charge in [-0.1, -0.05) is 0 Å². The Hall–Kier alpha value is -2.74. The number of imidazole rings is 2. The summed E-state index contributed by atoms with van der Waals surface area (Å²) >= 11 is 0. The Kier molecular flexibility index (Phi) is 3.73. The number of aromatic nitrogens is 5. The molecule has 1 aliphatic carbocycles. The predicted octanol–water partition coefficient (Wildman–Crippen LogP) is 0.495. The summed E-state index contributed by atoms with van der Waals surface area (Å²) in [6.07, 6.45) is 12.9. The third kappa shape index (κ3) is 2.76. The third-order valence-corrected chi connectivity index (χ3v) is 4.50. The molecule has 1 unspecified atom stereocenters. The minimum Gasteiger partial charge on any atom is -0.391 e. The van der Waals surface area contributed by atoms with Crippen LogP contribution in [0.3, 0.4) is 0 Å². The van der Waals surface area contributed by atoms with Crippen LogP contribution in [-0.2, 0) is 6.54 Å². The van der Waals surface area contributed by atoms with Crippen LogP contribution in [0.15, 0.2) is 43.5 Å². The van der Waals surface area contributed by atoms with E-state index < -0.39 is 6.10 Å². The lowest BCUT2D eigenvalue weighted by Crippen LogP contribution is -2.40. The van der Waals surface area contributed by atoms with Gasteiger partial charge in [0.05, 0.1) is 18.5 Å². The molecule has 1 fully saturated rings. The van der Waals surface area contributed by atoms with E-state index in [2.05, 4.69) is 20.3 Å². The molecule has 124 valence electrons. The normalized spacial score (nSPS) is 23.6. The summed E-state index contributed by atoms with van der Waals surface area (Å²) < 4.78 is 3.74. The molecule has 4 rings (SSSR count). The molecular formula is C16H18N6O2. The van der Waals surface area contributed by atoms with Gasteiger partial charge >= 0.3 is 0 Å². The van der Waals surface area contributed by atoms with Crippen molar-refractivity contribution in [2.45, 2.75) is 31.5 Å². The molecule has 3 atom stereocenters. The first kappa shape index (κ1) is 14.8. The highest BCUT2D eigenvalue weighted by Crippen LogP contribution is 2.27. The average molecular weight is 326 g/mol. The third-order valence-electron chi connectivity index (χ3n) is 4.50. The zero-order valence-corrected chi connectivity index (χ0v) is 13.0. The van der Waals surface area contributed by atoms with Gasteiger partial charge in [0.2, 0.25) is 0 Å². The molecule has 3 aromatic rings. The number of nitrogens with zero attached hydrogens (tertiary/aromatic N) is 5. The molecule has 24 heavy (non-hydrogen) atoms. The number of amides is 1. The average Bonchev–Trinajstić information content (AvgIpc) is 3.29. The van der Waals surface area contributed by atoms with Gasteiger partial charge in [0.15, 0.2) is 11.3 Å². The van der Waals surface area contributed by atoms with E-state index in [-0.39, 0.29) is 17.6 Å². The second kappa shape index (κ2) is 6.04. The molecule has 0 bridgehead atoms. The molecule has 0 saturated heterocycles. The standard InChI is InChI=1S/C16H18N6O2/c23-13-8-11(9-21-4-1-17-10-21)7-12(13)20-16(24)14-15-19-3-6-22(15)5-2-18-14/h1-6,10-13,23H,7-9H2,(H,20,24)/t11?,12-,13-/m1/s1. The fourth-order valence-electron chi connectivity index (χ4n) is 3.37. The van der Waals surface area contributed by atoms with Gasteiger partial charge in [-0.25, -0.2) is 15.0 Å². The zero-order chi connectivity index (χ0) is 16.5. The maximum absolute atomic E-state index is 12.5. The predicted molar refractivity (Wildman–Crippen MR) is 85.2 cm³/mol. The topological polar surface area (TPSA) is 97.3 Å². The molecule has 2 N–H and O–H groups in total. The molecule has 3 heterocycles. The molecule has 1 aliphatic rings. The molecule has 3 aromatic heterocycles. The Bertz CT molecular complexity index is 843. The lowest BCUT2D eigenvalue weighted by molar-refractivity contribution is 0.0869. The fourth-order valence-corrected chi connectivity index (χ4v) is 3.37. The van der Waals surface area contributed by atoms with E-state index in [9.17, 15) is 9.90 Å². The minimum absolute atomic E-state index is 0.271. The number of nitrogens with one attached hydrogen (secondary N) is 1. The summed E-state index contributed by atoms with van der Waals surface area (Å²) in [4.78, 5) is 24.9. The maximum Gasteiger partial charge on any atom is 0.274 e. The van der Waals surface area contributed by atoms with E-state index in [4.69, 9.17) is 0 Å². The van der Waals surface area contributed by atoms with Gasteiger partial charge in [-0.3, -0.25) is 4.79 Å². The molecule has 0 aromatic carbocycles. The Morgan fingerprint density at radius 3 is 2.83 bits per heavy atom. The molecule has 0 spiro atoms. The molecule has 8 nitrogen and oxygen atoms in total. The Morgan fingerprint density at radius 2 is 2.04 bits per heavy atom. The van der Waals surface area contributed by atoms with Crippen molar-refractivity contribution in [3.05, 3.63) is 49.2 Å². The SMILES string of the molecule is O=C(N[C@@H]1CC(Cn2ccnc2)C[C@H]1O)c1nccn2ccnc12. The zero-order valence-electron chi connectivity index (χ0n) is 13.0. The number of aliphatic hydroxyl groups is 1. The molecule has 1 amide bonds. The molecule has 0 radical (unpaired) electrons. The van der Waals surface area contributed by atoms with Crippen molar-refractivity contribution < 1.29 is 9.90 Å². The van der Waals surface area contributed by atoms with E-state index in [0.29, 0.717) is 18.0 Å². The van der Waals surface area contributed by atoms with Crippen LogP contribution in [-0.4, -0.2) is 47.1 Å². The fraction of sp³-hybridized carbons (Fsp3) is 0.375. The van der Waals surface area contributed by atoms with Crippen molar-refractivity contribution in [1.82, 2.24) is 29.2 Å². The highest BCUT2D eigenvalue weighted by Gasteiger charge is 2.34. The van der Waals surface area contributed by atoms with Crippen LogP contribution in [0, 0.1) is 5.92 Å². The van der Waals surface area contributed by atoms with Crippen LogP contribution in [0.1, 0.15) is 23.3 Å². The van der Waals surface area contributed by atoms with Crippen molar-refractivity contribution in [2.75, 3.05) is 0 Å². The maximum atomic E-state index is 12.5. The van der Waals surface area contributed by atoms with Crippen molar-refractivity contribution >= 4 is 11.6 Å². The second-order valence-electron chi connectivity index (χ2n) is 6.18. The van der Waals surface area contributed by atoms with Crippen LogP contribution in [0.25, 0.3) is 5.65 Å². The van der Waals surface area contributed by atoms with Crippen molar-refractivity contribution in [1.29, 1.82) is 0 Å². The smallest absolute Gasteiger partial charge is 0.274 e. The molecule has 0 aliphatic heterocycles. The number of fused-ring (bicyclic) bond motifs is 1. The Balaban J connectivity index is 1.45. The number of carbonyl (C=O) groups excluding carboxylic acids is 1. The van der Waals surface area contributed by atoms with Crippen LogP contribution >= 0.6 is 0 Å². The van der Waals surface area contributed by atoms with Crippen molar-refractivity contribution in [3.63, 3.8) is 0 Å². The summed E-state index contributed by atoms with van der Waals surface area (Å²) in [5.74, 6) is -0.00573. The van der Waals surface area contributed by atoms with Gasteiger partial charge in [-0.2, -0.15) is 0 Å². The van der Waals surface area contributed by atoms with Gasteiger partial charge in [0.25, 0.3) is 5.91 Å². The number of rotatable bonds is 4. The monoisotopic (exact) mass is 326 g/mol. The summed E-state index contributed by atoms with van der Waals surface area (Å²) in [6.45, 7) is 0.789.